The van der Waals surface area contributed by atoms with Crippen LogP contribution < -0.4 is 14.2 Å². The third-order valence-corrected chi connectivity index (χ3v) is 6.43. The molecule has 0 aliphatic carbocycles. The summed E-state index contributed by atoms with van der Waals surface area (Å²) in [7, 11) is 0. The van der Waals surface area contributed by atoms with Crippen LogP contribution in [0.5, 0.6) is 17.2 Å². The van der Waals surface area contributed by atoms with Gasteiger partial charge in [-0.25, -0.2) is 4.79 Å². The topological polar surface area (TPSA) is 98.2 Å². The van der Waals surface area contributed by atoms with E-state index in [1.165, 1.54) is 23.2 Å². The number of nitrogens with zero attached hydrogens (tertiary/aromatic N) is 2. The predicted octanol–water partition coefficient (Wildman–Crippen LogP) is 5.71. The van der Waals surface area contributed by atoms with E-state index in [0.717, 1.165) is 12.1 Å². The summed E-state index contributed by atoms with van der Waals surface area (Å²) in [6.45, 7) is -0.508. The number of hydrogen-bond acceptors (Lipinski definition) is 6. The Kier molecular flexibility index (Phi) is 8.28. The van der Waals surface area contributed by atoms with Crippen LogP contribution >= 0.6 is 0 Å². The van der Waals surface area contributed by atoms with Gasteiger partial charge in [0.2, 0.25) is 0 Å². The summed E-state index contributed by atoms with van der Waals surface area (Å²) in [5.41, 5.74) is 0.460. The molecular weight excluding hydrogens is 553 g/mol. The molecule has 1 unspecified atom stereocenters. The standard InChI is InChI=1S/C31H25F3N2O6/c32-31(33,34)22-6-4-5-20(15-22)16-36-17-25(18-40-23-7-2-1-3-8-23)42-26-13-14-35-29(28(26)30(36)39)21-9-11-24(12-10-21)41-19-27(37)38/h1-15,25H,16-19H2,(H,37,38). The maximum absolute atomic E-state index is 14.0. The highest BCUT2D eigenvalue weighted by molar-refractivity contribution is 6.02. The van der Waals surface area contributed by atoms with Gasteiger partial charge in [-0.15, -0.1) is 0 Å². The molecule has 1 aromatic heterocycles. The molecule has 0 saturated carbocycles. The molecular formula is C31H25F3N2O6. The van der Waals surface area contributed by atoms with Crippen molar-refractivity contribution in [2.45, 2.75) is 18.8 Å². The van der Waals surface area contributed by atoms with Crippen LogP contribution in [0.15, 0.2) is 91.1 Å². The largest absolute Gasteiger partial charge is 0.490 e. The number of hydrogen-bond donors (Lipinski definition) is 1. The number of alkyl halides is 3. The van der Waals surface area contributed by atoms with Crippen molar-refractivity contribution in [2.24, 2.45) is 0 Å². The van der Waals surface area contributed by atoms with E-state index in [1.54, 1.807) is 42.5 Å². The number of para-hydroxylation sites is 1. The smallest absolute Gasteiger partial charge is 0.416 e. The van der Waals surface area contributed by atoms with Crippen molar-refractivity contribution in [1.29, 1.82) is 0 Å². The van der Waals surface area contributed by atoms with Gasteiger partial charge >= 0.3 is 12.1 Å². The summed E-state index contributed by atoms with van der Waals surface area (Å²) in [5, 5.41) is 8.85. The second-order valence-corrected chi connectivity index (χ2v) is 9.49. The van der Waals surface area contributed by atoms with Crippen LogP contribution in [0, 0.1) is 0 Å². The van der Waals surface area contributed by atoms with Gasteiger partial charge in [0.15, 0.2) is 12.7 Å². The van der Waals surface area contributed by atoms with E-state index < -0.39 is 36.3 Å². The van der Waals surface area contributed by atoms with Gasteiger partial charge in [0.25, 0.3) is 5.91 Å². The second-order valence-electron chi connectivity index (χ2n) is 9.49. The fraction of sp³-hybridized carbons (Fsp3) is 0.194. The zero-order chi connectivity index (χ0) is 29.7. The van der Waals surface area contributed by atoms with Crippen LogP contribution in [0.4, 0.5) is 13.2 Å². The maximum atomic E-state index is 14.0. The highest BCUT2D eigenvalue weighted by Gasteiger charge is 2.34. The summed E-state index contributed by atoms with van der Waals surface area (Å²) in [5.74, 6) is -0.427. The van der Waals surface area contributed by atoms with Crippen LogP contribution in [0.1, 0.15) is 21.5 Å². The maximum Gasteiger partial charge on any atom is 0.416 e. The lowest BCUT2D eigenvalue weighted by Crippen LogP contribution is -2.39. The minimum atomic E-state index is -4.53. The summed E-state index contributed by atoms with van der Waals surface area (Å²) in [6, 6.07) is 21.8. The van der Waals surface area contributed by atoms with E-state index in [9.17, 15) is 22.8 Å². The predicted molar refractivity (Wildman–Crippen MR) is 145 cm³/mol. The van der Waals surface area contributed by atoms with Gasteiger partial charge in [-0.2, -0.15) is 13.2 Å². The van der Waals surface area contributed by atoms with Gasteiger partial charge in [0, 0.05) is 18.3 Å². The van der Waals surface area contributed by atoms with Gasteiger partial charge in [-0.3, -0.25) is 9.78 Å². The Labute approximate surface area is 238 Å². The molecule has 0 saturated heterocycles. The molecule has 8 nitrogen and oxygen atoms in total. The molecule has 2 heterocycles. The molecule has 0 radical (unpaired) electrons. The molecule has 0 bridgehead atoms. The van der Waals surface area contributed by atoms with E-state index in [0.29, 0.717) is 28.3 Å². The van der Waals surface area contributed by atoms with Crippen LogP contribution in [0.25, 0.3) is 11.3 Å². The highest BCUT2D eigenvalue weighted by atomic mass is 19.4. The SMILES string of the molecule is O=C(O)COc1ccc(-c2nccc3c2C(=O)N(Cc2cccc(C(F)(F)F)c2)CC(COc2ccccc2)O3)cc1. The molecule has 3 aromatic carbocycles. The quantitative estimate of drug-likeness (QED) is 0.272. The normalized spacial score (nSPS) is 14.9. The molecule has 5 rings (SSSR count). The van der Waals surface area contributed by atoms with Crippen LogP contribution in [0.3, 0.4) is 0 Å². The number of aromatic nitrogens is 1. The highest BCUT2D eigenvalue weighted by Crippen LogP contribution is 2.35. The zero-order valence-corrected chi connectivity index (χ0v) is 22.1. The zero-order valence-electron chi connectivity index (χ0n) is 22.1. The number of aliphatic carboxylic acids is 1. The first kappa shape index (κ1) is 28.5. The fourth-order valence-electron chi connectivity index (χ4n) is 4.52. The first-order valence-corrected chi connectivity index (χ1v) is 12.9. The second kappa shape index (κ2) is 12.2. The van der Waals surface area contributed by atoms with Crippen molar-refractivity contribution >= 4 is 11.9 Å². The number of carboxylic acid groups (broad SMARTS) is 1. The van der Waals surface area contributed by atoms with E-state index in [4.69, 9.17) is 19.3 Å². The Bertz CT molecular complexity index is 1560. The number of amides is 1. The Morgan fingerprint density at radius 3 is 2.43 bits per heavy atom. The number of ether oxygens (including phenoxy) is 3. The lowest BCUT2D eigenvalue weighted by molar-refractivity contribution is -0.139. The van der Waals surface area contributed by atoms with E-state index in [2.05, 4.69) is 4.98 Å². The first-order valence-electron chi connectivity index (χ1n) is 12.9. The monoisotopic (exact) mass is 578 g/mol. The first-order chi connectivity index (χ1) is 20.2. The van der Waals surface area contributed by atoms with E-state index in [-0.39, 0.29) is 31.0 Å². The lowest BCUT2D eigenvalue weighted by atomic mass is 10.0. The molecule has 0 fully saturated rings. The number of pyridine rings is 1. The van der Waals surface area contributed by atoms with Gasteiger partial charge in [0.1, 0.15) is 29.4 Å². The van der Waals surface area contributed by atoms with Gasteiger partial charge < -0.3 is 24.2 Å². The van der Waals surface area contributed by atoms with Crippen molar-refractivity contribution in [3.05, 3.63) is 108 Å². The Morgan fingerprint density at radius 2 is 1.71 bits per heavy atom. The molecule has 1 amide bonds. The van der Waals surface area contributed by atoms with Crippen molar-refractivity contribution < 1.29 is 42.1 Å². The van der Waals surface area contributed by atoms with Crippen LogP contribution in [-0.2, 0) is 17.5 Å². The number of carbonyl (C=O) groups is 2. The third-order valence-electron chi connectivity index (χ3n) is 6.43. The summed E-state index contributed by atoms with van der Waals surface area (Å²) in [4.78, 5) is 30.7. The van der Waals surface area contributed by atoms with E-state index in [1.807, 2.05) is 18.2 Å². The minimum absolute atomic E-state index is 0.0397. The molecule has 11 heteroatoms. The molecule has 1 N–H and O–H groups in total. The average molecular weight is 579 g/mol. The molecule has 1 aliphatic rings. The van der Waals surface area contributed by atoms with Gasteiger partial charge in [-0.1, -0.05) is 30.3 Å². The van der Waals surface area contributed by atoms with Crippen LogP contribution in [-0.4, -0.2) is 52.7 Å². The summed E-state index contributed by atoms with van der Waals surface area (Å²) >= 11 is 0. The Hall–Kier alpha value is -5.06. The van der Waals surface area contributed by atoms with Crippen LogP contribution in [0.2, 0.25) is 0 Å². The number of halogens is 3. The number of rotatable bonds is 9. The fourth-order valence-corrected chi connectivity index (χ4v) is 4.52. The van der Waals surface area contributed by atoms with Crippen molar-refractivity contribution in [3.8, 4) is 28.5 Å². The molecule has 1 atom stereocenters. The summed E-state index contributed by atoms with van der Waals surface area (Å²) in [6.07, 6.45) is -3.69. The van der Waals surface area contributed by atoms with Crippen molar-refractivity contribution in [2.75, 3.05) is 19.8 Å². The van der Waals surface area contributed by atoms with Gasteiger partial charge in [0.05, 0.1) is 17.8 Å². The molecule has 216 valence electrons. The minimum Gasteiger partial charge on any atom is -0.490 e. The number of fused-ring (bicyclic) bond motifs is 1. The summed E-state index contributed by atoms with van der Waals surface area (Å²) < 4.78 is 57.5. The average Bonchev–Trinajstić information content (AvgIpc) is 3.11. The molecule has 42 heavy (non-hydrogen) atoms. The molecule has 1 aliphatic heterocycles. The Balaban J connectivity index is 1.49. The number of carbonyl (C=O) groups excluding carboxylic acids is 1. The molecule has 4 aromatic rings. The van der Waals surface area contributed by atoms with Crippen molar-refractivity contribution in [1.82, 2.24) is 9.88 Å². The number of carboxylic acids is 1. The molecule has 0 spiro atoms. The number of benzene rings is 3. The Morgan fingerprint density at radius 1 is 0.976 bits per heavy atom. The van der Waals surface area contributed by atoms with E-state index >= 15 is 0 Å². The van der Waals surface area contributed by atoms with Crippen molar-refractivity contribution in [3.63, 3.8) is 0 Å². The van der Waals surface area contributed by atoms with Gasteiger partial charge in [-0.05, 0) is 60.2 Å². The third kappa shape index (κ3) is 6.80. The lowest BCUT2D eigenvalue weighted by Gasteiger charge is -2.25.